The van der Waals surface area contributed by atoms with Crippen LogP contribution >= 0.6 is 11.3 Å². The molecule has 0 aliphatic carbocycles. The molecule has 0 unspecified atom stereocenters. The minimum absolute atomic E-state index is 0.0889. The van der Waals surface area contributed by atoms with E-state index >= 15 is 0 Å². The zero-order valence-electron chi connectivity index (χ0n) is 15.3. The third-order valence-corrected chi connectivity index (χ3v) is 6.39. The molecule has 0 aliphatic heterocycles. The molecule has 3 aromatic rings. The molecule has 0 bridgehead atoms. The predicted molar refractivity (Wildman–Crippen MR) is 109 cm³/mol. The van der Waals surface area contributed by atoms with Gasteiger partial charge in [0.05, 0.1) is 17.7 Å². The Bertz CT molecular complexity index is 1050. The standard InChI is InChI=1S/C19H19N3O4S2/c1-14-7-9-15(10-8-14)28(24,25)22(16-5-3-4-6-17(16)26-2)13-18(23)21-19-20-11-12-27-19/h3-12H,13H2,1-2H3,(H,20,21,23). The van der Waals surface area contributed by atoms with Gasteiger partial charge in [-0.3, -0.25) is 9.10 Å². The summed E-state index contributed by atoms with van der Waals surface area (Å²) in [5.74, 6) is -0.156. The lowest BCUT2D eigenvalue weighted by molar-refractivity contribution is -0.114. The van der Waals surface area contributed by atoms with Crippen molar-refractivity contribution in [2.24, 2.45) is 0 Å². The molecular weight excluding hydrogens is 398 g/mol. The number of amides is 1. The van der Waals surface area contributed by atoms with Gasteiger partial charge in [-0.25, -0.2) is 13.4 Å². The molecule has 3 rings (SSSR count). The van der Waals surface area contributed by atoms with Crippen molar-refractivity contribution >= 4 is 38.1 Å². The molecule has 28 heavy (non-hydrogen) atoms. The Labute approximate surface area is 167 Å². The Morgan fingerprint density at radius 3 is 2.54 bits per heavy atom. The van der Waals surface area contributed by atoms with Gasteiger partial charge < -0.3 is 10.1 Å². The zero-order chi connectivity index (χ0) is 20.1. The largest absolute Gasteiger partial charge is 0.495 e. The number of hydrogen-bond donors (Lipinski definition) is 1. The number of sulfonamides is 1. The van der Waals surface area contributed by atoms with Crippen LogP contribution in [-0.2, 0) is 14.8 Å². The summed E-state index contributed by atoms with van der Waals surface area (Å²) in [6.07, 6.45) is 1.56. The number of carbonyl (C=O) groups excluding carboxylic acids is 1. The van der Waals surface area contributed by atoms with E-state index in [-0.39, 0.29) is 10.6 Å². The Morgan fingerprint density at radius 1 is 1.18 bits per heavy atom. The second-order valence-electron chi connectivity index (χ2n) is 5.88. The number of carbonyl (C=O) groups is 1. The molecule has 1 amide bonds. The van der Waals surface area contributed by atoms with E-state index in [0.29, 0.717) is 10.9 Å². The number of hydrogen-bond acceptors (Lipinski definition) is 6. The fourth-order valence-electron chi connectivity index (χ4n) is 2.55. The molecule has 0 atom stereocenters. The highest BCUT2D eigenvalue weighted by atomic mass is 32.2. The van der Waals surface area contributed by atoms with E-state index in [1.54, 1.807) is 48.0 Å². The number of benzene rings is 2. The molecular formula is C19H19N3O4S2. The average molecular weight is 418 g/mol. The summed E-state index contributed by atoms with van der Waals surface area (Å²) in [4.78, 5) is 16.6. The summed E-state index contributed by atoms with van der Waals surface area (Å²) in [6.45, 7) is 1.45. The van der Waals surface area contributed by atoms with Crippen molar-refractivity contribution < 1.29 is 17.9 Å². The number of para-hydroxylation sites is 2. The van der Waals surface area contributed by atoms with E-state index in [1.165, 1.54) is 30.6 Å². The Balaban J connectivity index is 2.01. The fraction of sp³-hybridized carbons (Fsp3) is 0.158. The molecule has 0 fully saturated rings. The van der Waals surface area contributed by atoms with Crippen molar-refractivity contribution in [1.29, 1.82) is 0 Å². The highest BCUT2D eigenvalue weighted by molar-refractivity contribution is 7.92. The van der Waals surface area contributed by atoms with Gasteiger partial charge in [0.25, 0.3) is 10.0 Å². The second kappa shape index (κ2) is 8.41. The lowest BCUT2D eigenvalue weighted by Gasteiger charge is -2.25. The molecule has 146 valence electrons. The number of ether oxygens (including phenoxy) is 1. The van der Waals surface area contributed by atoms with Crippen LogP contribution in [0.5, 0.6) is 5.75 Å². The number of thiazole rings is 1. The van der Waals surface area contributed by atoms with Crippen LogP contribution in [0, 0.1) is 6.92 Å². The zero-order valence-corrected chi connectivity index (χ0v) is 17.0. The van der Waals surface area contributed by atoms with Crippen molar-refractivity contribution in [2.45, 2.75) is 11.8 Å². The molecule has 1 heterocycles. The van der Waals surface area contributed by atoms with Gasteiger partial charge in [0.1, 0.15) is 12.3 Å². The Morgan fingerprint density at radius 2 is 1.89 bits per heavy atom. The van der Waals surface area contributed by atoms with Gasteiger partial charge in [-0.05, 0) is 31.2 Å². The van der Waals surface area contributed by atoms with E-state index in [2.05, 4.69) is 10.3 Å². The van der Waals surface area contributed by atoms with Crippen molar-refractivity contribution in [3.63, 3.8) is 0 Å². The molecule has 7 nitrogen and oxygen atoms in total. The number of anilines is 2. The van der Waals surface area contributed by atoms with Crippen molar-refractivity contribution in [3.8, 4) is 5.75 Å². The summed E-state index contributed by atoms with van der Waals surface area (Å²) >= 11 is 1.25. The summed E-state index contributed by atoms with van der Waals surface area (Å²) in [5, 5.41) is 4.73. The molecule has 1 N–H and O–H groups in total. The number of nitrogens with zero attached hydrogens (tertiary/aromatic N) is 2. The summed E-state index contributed by atoms with van der Waals surface area (Å²) < 4.78 is 33.0. The number of rotatable bonds is 7. The maximum absolute atomic E-state index is 13.3. The van der Waals surface area contributed by atoms with Crippen LogP contribution in [0.1, 0.15) is 5.56 Å². The Hall–Kier alpha value is -2.91. The van der Waals surface area contributed by atoms with E-state index in [4.69, 9.17) is 4.74 Å². The van der Waals surface area contributed by atoms with Crippen LogP contribution in [0.2, 0.25) is 0 Å². The first-order valence-corrected chi connectivity index (χ1v) is 10.7. The van der Waals surface area contributed by atoms with Crippen LogP contribution in [-0.4, -0.2) is 33.0 Å². The van der Waals surface area contributed by atoms with Crippen molar-refractivity contribution in [1.82, 2.24) is 4.98 Å². The van der Waals surface area contributed by atoms with Crippen molar-refractivity contribution in [3.05, 3.63) is 65.7 Å². The number of methoxy groups -OCH3 is 1. The van der Waals surface area contributed by atoms with Crippen LogP contribution in [0.15, 0.2) is 65.0 Å². The van der Waals surface area contributed by atoms with Crippen molar-refractivity contribution in [2.75, 3.05) is 23.3 Å². The normalized spacial score (nSPS) is 11.1. The van der Waals surface area contributed by atoms with Crippen LogP contribution in [0.4, 0.5) is 10.8 Å². The number of aryl methyl sites for hydroxylation is 1. The molecule has 0 saturated carbocycles. The first-order chi connectivity index (χ1) is 13.4. The first kappa shape index (κ1) is 19.8. The van der Waals surface area contributed by atoms with E-state index < -0.39 is 22.5 Å². The number of aromatic nitrogens is 1. The molecule has 0 radical (unpaired) electrons. The minimum atomic E-state index is -4.00. The van der Waals surface area contributed by atoms with E-state index in [9.17, 15) is 13.2 Å². The monoisotopic (exact) mass is 417 g/mol. The van der Waals surface area contributed by atoms with Gasteiger partial charge in [-0.1, -0.05) is 29.8 Å². The maximum atomic E-state index is 13.3. The lowest BCUT2D eigenvalue weighted by atomic mass is 10.2. The van der Waals surface area contributed by atoms with Gasteiger partial charge >= 0.3 is 0 Å². The quantitative estimate of drug-likeness (QED) is 0.637. The lowest BCUT2D eigenvalue weighted by Crippen LogP contribution is -2.38. The minimum Gasteiger partial charge on any atom is -0.495 e. The van der Waals surface area contributed by atoms with Gasteiger partial charge in [0.15, 0.2) is 5.13 Å². The van der Waals surface area contributed by atoms with Gasteiger partial charge in [-0.2, -0.15) is 0 Å². The predicted octanol–water partition coefficient (Wildman–Crippen LogP) is 3.29. The second-order valence-corrected chi connectivity index (χ2v) is 8.64. The highest BCUT2D eigenvalue weighted by Crippen LogP contribution is 2.32. The molecule has 0 spiro atoms. The topological polar surface area (TPSA) is 88.6 Å². The van der Waals surface area contributed by atoms with E-state index in [0.717, 1.165) is 9.87 Å². The molecule has 1 aromatic heterocycles. The van der Waals surface area contributed by atoms with Crippen LogP contribution in [0.3, 0.4) is 0 Å². The summed E-state index contributed by atoms with van der Waals surface area (Å²) in [6, 6.07) is 13.1. The van der Waals surface area contributed by atoms with Crippen LogP contribution in [0.25, 0.3) is 0 Å². The van der Waals surface area contributed by atoms with Crippen LogP contribution < -0.4 is 14.4 Å². The highest BCUT2D eigenvalue weighted by Gasteiger charge is 2.29. The third-order valence-electron chi connectivity index (χ3n) is 3.93. The smallest absolute Gasteiger partial charge is 0.264 e. The average Bonchev–Trinajstić information content (AvgIpc) is 3.19. The van der Waals surface area contributed by atoms with Gasteiger partial charge in [0, 0.05) is 11.6 Å². The molecule has 2 aromatic carbocycles. The number of nitrogens with one attached hydrogen (secondary N) is 1. The van der Waals surface area contributed by atoms with E-state index in [1.807, 2.05) is 6.92 Å². The maximum Gasteiger partial charge on any atom is 0.264 e. The molecule has 9 heteroatoms. The van der Waals surface area contributed by atoms with Gasteiger partial charge in [-0.15, -0.1) is 11.3 Å². The summed E-state index contributed by atoms with van der Waals surface area (Å²) in [7, 11) is -2.55. The van der Waals surface area contributed by atoms with Gasteiger partial charge in [0.2, 0.25) is 5.91 Å². The molecule has 0 aliphatic rings. The fourth-order valence-corrected chi connectivity index (χ4v) is 4.52. The summed E-state index contributed by atoms with van der Waals surface area (Å²) in [5.41, 5.74) is 1.21. The SMILES string of the molecule is COc1ccccc1N(CC(=O)Nc1nccs1)S(=O)(=O)c1ccc(C)cc1. The molecule has 0 saturated heterocycles. The Kier molecular flexibility index (Phi) is 5.96. The first-order valence-electron chi connectivity index (χ1n) is 8.33. The third kappa shape index (κ3) is 4.32.